The lowest BCUT2D eigenvalue weighted by atomic mass is 10.2. The lowest BCUT2D eigenvalue weighted by molar-refractivity contribution is -0.121. The Kier molecular flexibility index (Phi) is 6.77. The zero-order chi connectivity index (χ0) is 23.7. The van der Waals surface area contributed by atoms with Gasteiger partial charge in [0.2, 0.25) is 5.91 Å². The van der Waals surface area contributed by atoms with Crippen LogP contribution in [0.3, 0.4) is 0 Å². The van der Waals surface area contributed by atoms with E-state index < -0.39 is 0 Å². The molecule has 34 heavy (non-hydrogen) atoms. The number of carbonyl (C=O) groups is 1. The number of hydrogen-bond donors (Lipinski definition) is 1. The first-order valence-corrected chi connectivity index (χ1v) is 13.6. The van der Waals surface area contributed by atoms with E-state index in [9.17, 15) is 9.59 Å². The van der Waals surface area contributed by atoms with Crippen LogP contribution in [-0.4, -0.2) is 66.3 Å². The van der Waals surface area contributed by atoms with Crippen molar-refractivity contribution in [2.24, 2.45) is 0 Å². The molecule has 1 fully saturated rings. The predicted molar refractivity (Wildman–Crippen MR) is 134 cm³/mol. The van der Waals surface area contributed by atoms with Gasteiger partial charge < -0.3 is 10.2 Å². The molecule has 1 atom stereocenters. The Balaban J connectivity index is 1.25. The normalized spacial score (nSPS) is 17.5. The summed E-state index contributed by atoms with van der Waals surface area (Å²) in [4.78, 5) is 41.3. The van der Waals surface area contributed by atoms with E-state index in [0.29, 0.717) is 29.7 Å². The minimum atomic E-state index is -0.171. The average molecular weight is 501 g/mol. The standard InChI is InChI=1S/C22H28N8O2S2/c1-3-33-21-26-19(28-7-4-5-8-28)16-12-24-29(20(16)27-21)9-6-23-17(31)11-15-13-34-22-25-14(2)10-18(32)30(15)22/h10,12,15H,3-9,11,13H2,1-2H3,(H,23,31). The SMILES string of the molecule is CCSc1nc(N2CCCC2)c2cnn(CCNC(=O)CC3CSc4nc(C)cc(=O)n43)c2n1. The highest BCUT2D eigenvalue weighted by atomic mass is 32.2. The number of aryl methyl sites for hydroxylation is 1. The van der Waals surface area contributed by atoms with Crippen molar-refractivity contribution in [2.75, 3.05) is 36.0 Å². The molecule has 3 aromatic heterocycles. The molecule has 0 aliphatic carbocycles. The summed E-state index contributed by atoms with van der Waals surface area (Å²) in [5.41, 5.74) is 1.41. The molecule has 5 rings (SSSR count). The summed E-state index contributed by atoms with van der Waals surface area (Å²) >= 11 is 3.15. The van der Waals surface area contributed by atoms with E-state index in [1.54, 1.807) is 16.3 Å². The average Bonchev–Trinajstić information content (AvgIpc) is 3.54. The Labute approximate surface area is 205 Å². The second-order valence-electron chi connectivity index (χ2n) is 8.47. The maximum Gasteiger partial charge on any atom is 0.254 e. The summed E-state index contributed by atoms with van der Waals surface area (Å²) < 4.78 is 3.48. The minimum Gasteiger partial charge on any atom is -0.356 e. The lowest BCUT2D eigenvalue weighted by Crippen LogP contribution is -2.32. The van der Waals surface area contributed by atoms with Gasteiger partial charge >= 0.3 is 0 Å². The van der Waals surface area contributed by atoms with Gasteiger partial charge in [0.1, 0.15) is 5.82 Å². The Hall–Kier alpha value is -2.60. The fourth-order valence-electron chi connectivity index (χ4n) is 4.45. The third-order valence-electron chi connectivity index (χ3n) is 6.02. The van der Waals surface area contributed by atoms with Crippen LogP contribution in [0.1, 0.15) is 37.9 Å². The number of aromatic nitrogens is 6. The Morgan fingerprint density at radius 2 is 2.09 bits per heavy atom. The van der Waals surface area contributed by atoms with Crippen molar-refractivity contribution in [3.05, 3.63) is 28.3 Å². The molecule has 0 spiro atoms. The van der Waals surface area contributed by atoms with E-state index in [-0.39, 0.29) is 23.9 Å². The van der Waals surface area contributed by atoms with Crippen LogP contribution in [0.4, 0.5) is 5.82 Å². The molecule has 1 amide bonds. The van der Waals surface area contributed by atoms with Crippen LogP contribution < -0.4 is 15.8 Å². The third-order valence-corrected chi connectivity index (χ3v) is 7.85. The zero-order valence-corrected chi connectivity index (χ0v) is 21.0. The molecule has 0 radical (unpaired) electrons. The predicted octanol–water partition coefficient (Wildman–Crippen LogP) is 2.26. The molecule has 0 aromatic carbocycles. The summed E-state index contributed by atoms with van der Waals surface area (Å²) in [7, 11) is 0. The van der Waals surface area contributed by atoms with Crippen LogP contribution >= 0.6 is 23.5 Å². The van der Waals surface area contributed by atoms with Gasteiger partial charge in [0, 0.05) is 43.6 Å². The molecule has 3 aromatic rings. The molecule has 2 aliphatic heterocycles. The first-order chi connectivity index (χ1) is 16.5. The molecule has 10 nitrogen and oxygen atoms in total. The summed E-state index contributed by atoms with van der Waals surface area (Å²) in [6.45, 7) is 6.86. The molecule has 180 valence electrons. The molecular weight excluding hydrogens is 472 g/mol. The second-order valence-corrected chi connectivity index (χ2v) is 10.7. The highest BCUT2D eigenvalue weighted by molar-refractivity contribution is 7.99. The van der Waals surface area contributed by atoms with Gasteiger partial charge in [-0.1, -0.05) is 30.4 Å². The lowest BCUT2D eigenvalue weighted by Gasteiger charge is -2.18. The van der Waals surface area contributed by atoms with E-state index in [2.05, 4.69) is 27.2 Å². The van der Waals surface area contributed by atoms with E-state index >= 15 is 0 Å². The molecular formula is C22H28N8O2S2. The van der Waals surface area contributed by atoms with Crippen LogP contribution in [0.25, 0.3) is 11.0 Å². The molecule has 12 heteroatoms. The number of fused-ring (bicyclic) bond motifs is 2. The highest BCUT2D eigenvalue weighted by Gasteiger charge is 2.27. The van der Waals surface area contributed by atoms with E-state index in [1.807, 2.05) is 17.8 Å². The van der Waals surface area contributed by atoms with Gasteiger partial charge in [-0.05, 0) is 25.5 Å². The smallest absolute Gasteiger partial charge is 0.254 e. The topological polar surface area (TPSA) is 111 Å². The summed E-state index contributed by atoms with van der Waals surface area (Å²) in [5, 5.41) is 9.94. The number of nitrogens with zero attached hydrogens (tertiary/aromatic N) is 7. The first-order valence-electron chi connectivity index (χ1n) is 11.6. The molecule has 1 unspecified atom stereocenters. The van der Waals surface area contributed by atoms with Gasteiger partial charge in [-0.15, -0.1) is 0 Å². The summed E-state index contributed by atoms with van der Waals surface area (Å²) in [5.74, 6) is 2.45. The molecule has 0 bridgehead atoms. The van der Waals surface area contributed by atoms with E-state index in [1.165, 1.54) is 30.7 Å². The molecule has 0 saturated carbocycles. The Morgan fingerprint density at radius 1 is 1.26 bits per heavy atom. The Bertz CT molecular complexity index is 1270. The first kappa shape index (κ1) is 23.2. The molecule has 5 heterocycles. The largest absolute Gasteiger partial charge is 0.356 e. The van der Waals surface area contributed by atoms with Crippen molar-refractivity contribution in [2.45, 2.75) is 56.0 Å². The number of thioether (sulfide) groups is 2. The Morgan fingerprint density at radius 3 is 2.88 bits per heavy atom. The number of amides is 1. The summed E-state index contributed by atoms with van der Waals surface area (Å²) in [6, 6.07) is 1.35. The van der Waals surface area contributed by atoms with Gasteiger partial charge in [-0.3, -0.25) is 14.2 Å². The number of anilines is 1. The van der Waals surface area contributed by atoms with Gasteiger partial charge in [0.05, 0.1) is 24.2 Å². The van der Waals surface area contributed by atoms with Crippen molar-refractivity contribution < 1.29 is 4.79 Å². The van der Waals surface area contributed by atoms with Crippen molar-refractivity contribution in [1.82, 2.24) is 34.6 Å². The van der Waals surface area contributed by atoms with Gasteiger partial charge in [-0.2, -0.15) is 5.10 Å². The zero-order valence-electron chi connectivity index (χ0n) is 19.4. The second kappa shape index (κ2) is 9.95. The highest BCUT2D eigenvalue weighted by Crippen LogP contribution is 2.32. The fourth-order valence-corrected chi connectivity index (χ4v) is 6.20. The quantitative estimate of drug-likeness (QED) is 0.368. The number of carbonyl (C=O) groups excluding carboxylic acids is 1. The van der Waals surface area contributed by atoms with Crippen LogP contribution in [0.2, 0.25) is 0 Å². The minimum absolute atomic E-state index is 0.0861. The van der Waals surface area contributed by atoms with Crippen molar-refractivity contribution in [3.63, 3.8) is 0 Å². The fraction of sp³-hybridized carbons (Fsp3) is 0.545. The van der Waals surface area contributed by atoms with E-state index in [4.69, 9.17) is 9.97 Å². The molecule has 1 N–H and O–H groups in total. The summed E-state index contributed by atoms with van der Waals surface area (Å²) in [6.07, 6.45) is 4.43. The number of nitrogens with one attached hydrogen (secondary N) is 1. The van der Waals surface area contributed by atoms with Crippen molar-refractivity contribution in [1.29, 1.82) is 0 Å². The van der Waals surface area contributed by atoms with Crippen molar-refractivity contribution in [3.8, 4) is 0 Å². The maximum absolute atomic E-state index is 12.6. The monoisotopic (exact) mass is 500 g/mol. The van der Waals surface area contributed by atoms with Gasteiger partial charge in [0.25, 0.3) is 5.56 Å². The number of hydrogen-bond acceptors (Lipinski definition) is 9. The third kappa shape index (κ3) is 4.65. The van der Waals surface area contributed by atoms with E-state index in [0.717, 1.165) is 40.9 Å². The van der Waals surface area contributed by atoms with Gasteiger partial charge in [0.15, 0.2) is 16.0 Å². The van der Waals surface area contributed by atoms with Crippen LogP contribution in [0.15, 0.2) is 27.4 Å². The van der Waals surface area contributed by atoms with Crippen LogP contribution in [0, 0.1) is 6.92 Å². The number of rotatable bonds is 8. The molecule has 1 saturated heterocycles. The van der Waals surface area contributed by atoms with Crippen LogP contribution in [0.5, 0.6) is 0 Å². The van der Waals surface area contributed by atoms with Crippen molar-refractivity contribution >= 4 is 46.3 Å². The molecule has 2 aliphatic rings. The maximum atomic E-state index is 12.6. The van der Waals surface area contributed by atoms with Crippen LogP contribution in [-0.2, 0) is 11.3 Å². The van der Waals surface area contributed by atoms with Gasteiger partial charge in [-0.25, -0.2) is 19.6 Å².